The van der Waals surface area contributed by atoms with Gasteiger partial charge in [-0.05, 0) is 19.3 Å². The maximum Gasteiger partial charge on any atom is 0.324 e. The Morgan fingerprint density at radius 1 is 1.62 bits per heavy atom. The highest BCUT2D eigenvalue weighted by atomic mass is 32.2. The number of aliphatic imine (C=N–C) groups is 2. The molecule has 7 nitrogen and oxygen atoms in total. The maximum absolute atomic E-state index is 12.0. The van der Waals surface area contributed by atoms with Crippen LogP contribution < -0.4 is 5.73 Å². The molecule has 0 amide bonds. The quantitative estimate of drug-likeness (QED) is 0.714. The number of aliphatic carboxylic acids is 1. The first-order chi connectivity index (χ1) is 9.99. The molecule has 5 atom stereocenters. The molecule has 1 aliphatic heterocycles. The summed E-state index contributed by atoms with van der Waals surface area (Å²) in [6.07, 6.45) is 2.03. The average molecular weight is 311 g/mol. The molecule has 0 bridgehead atoms. The molecular formula is C13H17N3O4S. The van der Waals surface area contributed by atoms with Crippen molar-refractivity contribution in [3.8, 4) is 0 Å². The summed E-state index contributed by atoms with van der Waals surface area (Å²) in [7, 11) is 0. The third kappa shape index (κ3) is 2.26. The summed E-state index contributed by atoms with van der Waals surface area (Å²) < 4.78 is 5.04. The van der Waals surface area contributed by atoms with E-state index < -0.39 is 17.4 Å². The van der Waals surface area contributed by atoms with Gasteiger partial charge in [0.1, 0.15) is 5.54 Å². The zero-order valence-electron chi connectivity index (χ0n) is 11.6. The van der Waals surface area contributed by atoms with Crippen molar-refractivity contribution in [2.75, 3.05) is 13.2 Å². The molecule has 1 heterocycles. The van der Waals surface area contributed by atoms with E-state index in [0.29, 0.717) is 18.1 Å². The van der Waals surface area contributed by atoms with E-state index in [1.165, 1.54) is 11.8 Å². The lowest BCUT2D eigenvalue weighted by Crippen LogP contribution is -2.50. The van der Waals surface area contributed by atoms with Gasteiger partial charge in [0.25, 0.3) is 0 Å². The standard InChI is InChI=1S/C13H17N3O4S/c1-2-20-10(17)8-7-6(21-12-15-3-4-16-12)5-13(14,9(7)8)11(18)19/h3,6-9H,2,4-5,14H2,1H3,(H,18,19)/t6-,7-,8-,9-,13-/m0/s1. The summed E-state index contributed by atoms with van der Waals surface area (Å²) in [4.78, 5) is 31.8. The number of amidine groups is 1. The number of fused-ring (bicyclic) bond motifs is 1. The fourth-order valence-corrected chi connectivity index (χ4v) is 4.85. The summed E-state index contributed by atoms with van der Waals surface area (Å²) in [6.45, 7) is 2.57. The van der Waals surface area contributed by atoms with E-state index in [1.807, 2.05) is 0 Å². The number of nitrogens with two attached hydrogens (primary N) is 1. The summed E-state index contributed by atoms with van der Waals surface area (Å²) in [6, 6.07) is 0. The van der Waals surface area contributed by atoms with E-state index in [-0.39, 0.29) is 29.7 Å². The lowest BCUT2D eigenvalue weighted by atomic mass is 9.91. The third-order valence-corrected chi connectivity index (χ3v) is 5.59. The van der Waals surface area contributed by atoms with E-state index in [1.54, 1.807) is 13.1 Å². The molecule has 3 aliphatic rings. The molecule has 2 fully saturated rings. The first-order valence-corrected chi connectivity index (χ1v) is 7.79. The number of carboxylic acid groups (broad SMARTS) is 1. The fraction of sp³-hybridized carbons (Fsp3) is 0.692. The lowest BCUT2D eigenvalue weighted by Gasteiger charge is -2.24. The number of carbonyl (C=O) groups is 2. The second kappa shape index (κ2) is 5.10. The Bertz CT molecular complexity index is 550. The highest BCUT2D eigenvalue weighted by Gasteiger charge is 2.74. The molecule has 3 rings (SSSR count). The Hall–Kier alpha value is -1.41. The van der Waals surface area contributed by atoms with Crippen LogP contribution in [0.25, 0.3) is 0 Å². The largest absolute Gasteiger partial charge is 0.480 e. The molecule has 0 radical (unpaired) electrons. The topological polar surface area (TPSA) is 114 Å². The number of thioether (sulfide) groups is 1. The van der Waals surface area contributed by atoms with Gasteiger partial charge in [-0.1, -0.05) is 11.8 Å². The molecule has 0 aromatic heterocycles. The van der Waals surface area contributed by atoms with Crippen molar-refractivity contribution in [1.82, 2.24) is 0 Å². The van der Waals surface area contributed by atoms with Crippen molar-refractivity contribution in [3.63, 3.8) is 0 Å². The van der Waals surface area contributed by atoms with E-state index in [2.05, 4.69) is 9.98 Å². The molecule has 2 saturated carbocycles. The highest BCUT2D eigenvalue weighted by molar-refractivity contribution is 8.14. The van der Waals surface area contributed by atoms with Gasteiger partial charge in [-0.3, -0.25) is 14.6 Å². The van der Waals surface area contributed by atoms with Crippen molar-refractivity contribution < 1.29 is 19.4 Å². The van der Waals surface area contributed by atoms with Crippen LogP contribution in [0.4, 0.5) is 0 Å². The zero-order chi connectivity index (χ0) is 15.2. The molecule has 21 heavy (non-hydrogen) atoms. The zero-order valence-corrected chi connectivity index (χ0v) is 12.4. The summed E-state index contributed by atoms with van der Waals surface area (Å²) >= 11 is 1.42. The Morgan fingerprint density at radius 2 is 2.38 bits per heavy atom. The molecule has 0 saturated heterocycles. The number of carboxylic acids is 1. The second-order valence-electron chi connectivity index (χ2n) is 5.52. The number of rotatable bonds is 4. The summed E-state index contributed by atoms with van der Waals surface area (Å²) in [5.74, 6) is -2.22. The van der Waals surface area contributed by atoms with E-state index >= 15 is 0 Å². The fourth-order valence-electron chi connectivity index (χ4n) is 3.44. The number of nitrogens with zero attached hydrogens (tertiary/aromatic N) is 2. The van der Waals surface area contributed by atoms with Gasteiger partial charge >= 0.3 is 11.9 Å². The Labute approximate surface area is 126 Å². The van der Waals surface area contributed by atoms with Crippen LogP contribution >= 0.6 is 11.8 Å². The summed E-state index contributed by atoms with van der Waals surface area (Å²) in [5.41, 5.74) is 4.72. The van der Waals surface area contributed by atoms with Crippen molar-refractivity contribution in [1.29, 1.82) is 0 Å². The van der Waals surface area contributed by atoms with Crippen LogP contribution in [0, 0.1) is 17.8 Å². The van der Waals surface area contributed by atoms with Crippen molar-refractivity contribution >= 4 is 35.1 Å². The van der Waals surface area contributed by atoms with Crippen LogP contribution in [-0.2, 0) is 14.3 Å². The Kier molecular flexibility index (Phi) is 3.53. The van der Waals surface area contributed by atoms with E-state index in [0.717, 1.165) is 0 Å². The molecular weight excluding hydrogens is 294 g/mol. The monoisotopic (exact) mass is 311 g/mol. The van der Waals surface area contributed by atoms with Crippen molar-refractivity contribution in [2.45, 2.75) is 24.1 Å². The number of hydrogen-bond donors (Lipinski definition) is 2. The summed E-state index contributed by atoms with van der Waals surface area (Å²) in [5, 5.41) is 10.0. The maximum atomic E-state index is 12.0. The van der Waals surface area contributed by atoms with Gasteiger partial charge in [0.2, 0.25) is 0 Å². The van der Waals surface area contributed by atoms with Crippen LogP contribution in [0.1, 0.15) is 13.3 Å². The second-order valence-corrected chi connectivity index (χ2v) is 6.73. The van der Waals surface area contributed by atoms with Crippen LogP contribution in [0.2, 0.25) is 0 Å². The van der Waals surface area contributed by atoms with Gasteiger partial charge < -0.3 is 15.6 Å². The first-order valence-electron chi connectivity index (χ1n) is 6.91. The van der Waals surface area contributed by atoms with Crippen molar-refractivity contribution in [3.05, 3.63) is 0 Å². The van der Waals surface area contributed by atoms with Crippen LogP contribution in [0.5, 0.6) is 0 Å². The lowest BCUT2D eigenvalue weighted by molar-refractivity contribution is -0.147. The molecule has 114 valence electrons. The SMILES string of the molecule is CCOC(=O)[C@H]1[C@H]2[C@@H]1[C@](N)(C(=O)O)C[C@@H]2SC1=NCC=N1. The average Bonchev–Trinajstić information content (AvgIpc) is 2.85. The minimum Gasteiger partial charge on any atom is -0.480 e. The number of hydrogen-bond acceptors (Lipinski definition) is 7. The predicted molar refractivity (Wildman–Crippen MR) is 78.4 cm³/mol. The minimum atomic E-state index is -1.36. The van der Waals surface area contributed by atoms with Gasteiger partial charge in [-0.15, -0.1) is 0 Å². The first kappa shape index (κ1) is 14.5. The van der Waals surface area contributed by atoms with Crippen LogP contribution in [0.15, 0.2) is 9.98 Å². The van der Waals surface area contributed by atoms with Gasteiger partial charge in [-0.2, -0.15) is 0 Å². The van der Waals surface area contributed by atoms with Crippen molar-refractivity contribution in [2.24, 2.45) is 33.5 Å². The highest BCUT2D eigenvalue weighted by Crippen LogP contribution is 2.65. The molecule has 2 aliphatic carbocycles. The molecule has 8 heteroatoms. The normalized spacial score (nSPS) is 39.8. The molecule has 0 aromatic rings. The van der Waals surface area contributed by atoms with E-state index in [4.69, 9.17) is 10.5 Å². The van der Waals surface area contributed by atoms with Crippen LogP contribution in [-0.4, -0.2) is 52.4 Å². The van der Waals surface area contributed by atoms with Gasteiger partial charge in [-0.25, -0.2) is 4.99 Å². The molecule has 0 aromatic carbocycles. The minimum absolute atomic E-state index is 0.0560. The number of esters is 1. The van der Waals surface area contributed by atoms with Gasteiger partial charge in [0.15, 0.2) is 5.17 Å². The predicted octanol–water partition coefficient (Wildman–Crippen LogP) is 0.140. The molecule has 0 spiro atoms. The van der Waals surface area contributed by atoms with E-state index in [9.17, 15) is 14.7 Å². The number of carbonyl (C=O) groups excluding carboxylic acids is 1. The van der Waals surface area contributed by atoms with Gasteiger partial charge in [0, 0.05) is 17.4 Å². The Morgan fingerprint density at radius 3 is 2.95 bits per heavy atom. The third-order valence-electron chi connectivity index (χ3n) is 4.36. The van der Waals surface area contributed by atoms with Gasteiger partial charge in [0.05, 0.1) is 19.1 Å². The Balaban J connectivity index is 1.78. The van der Waals surface area contributed by atoms with Crippen LogP contribution in [0.3, 0.4) is 0 Å². The smallest absolute Gasteiger partial charge is 0.324 e. The molecule has 3 N–H and O–H groups in total. The number of ether oxygens (including phenoxy) is 1. The molecule has 0 unspecified atom stereocenters.